The van der Waals surface area contributed by atoms with Crippen molar-refractivity contribution in [2.45, 2.75) is 33.1 Å². The van der Waals surface area contributed by atoms with Gasteiger partial charge in [-0.05, 0) is 57.3 Å². The highest BCUT2D eigenvalue weighted by Gasteiger charge is 2.26. The van der Waals surface area contributed by atoms with Gasteiger partial charge in [0.1, 0.15) is 0 Å². The molecule has 2 aromatic carbocycles. The number of rotatable bonds is 10. The Morgan fingerprint density at radius 2 is 1.90 bits per heavy atom. The van der Waals surface area contributed by atoms with E-state index < -0.39 is 0 Å². The van der Waals surface area contributed by atoms with Gasteiger partial charge in [-0.3, -0.25) is 15.1 Å². The molecule has 0 unspecified atom stereocenters. The number of nitrogens with one attached hydrogen (secondary N) is 1. The van der Waals surface area contributed by atoms with Crippen molar-refractivity contribution in [1.29, 1.82) is 0 Å². The number of hydrogen-bond donors (Lipinski definition) is 2. The van der Waals surface area contributed by atoms with Crippen molar-refractivity contribution in [3.8, 4) is 0 Å². The van der Waals surface area contributed by atoms with Crippen LogP contribution < -0.4 is 11.2 Å². The number of nitrogens with two attached hydrogens (primary N) is 1. The largest absolute Gasteiger partial charge is 0.328 e. The van der Waals surface area contributed by atoms with Gasteiger partial charge in [0.25, 0.3) is 0 Å². The smallest absolute Gasteiger partial charge is 0.166 e. The van der Waals surface area contributed by atoms with Gasteiger partial charge >= 0.3 is 0 Å². The van der Waals surface area contributed by atoms with Crippen molar-refractivity contribution in [2.75, 3.05) is 32.8 Å². The normalized spacial score (nSPS) is 15.8. The van der Waals surface area contributed by atoms with Gasteiger partial charge in [-0.15, -0.1) is 0 Å². The molecule has 0 bridgehead atoms. The molecule has 0 aromatic heterocycles. The van der Waals surface area contributed by atoms with Gasteiger partial charge in [-0.1, -0.05) is 60.2 Å². The van der Waals surface area contributed by atoms with Crippen LogP contribution in [0.25, 0.3) is 5.70 Å². The number of ketones is 1. The predicted octanol–water partition coefficient (Wildman–Crippen LogP) is 4.11. The van der Waals surface area contributed by atoms with Gasteiger partial charge in [0, 0.05) is 24.6 Å². The summed E-state index contributed by atoms with van der Waals surface area (Å²) >= 11 is 0. The van der Waals surface area contributed by atoms with E-state index in [-0.39, 0.29) is 5.92 Å². The zero-order chi connectivity index (χ0) is 22.1. The Kier molecular flexibility index (Phi) is 8.83. The van der Waals surface area contributed by atoms with Crippen molar-refractivity contribution < 1.29 is 9.63 Å². The molecule has 1 saturated heterocycles. The molecule has 3 rings (SSSR count). The van der Waals surface area contributed by atoms with Crippen molar-refractivity contribution in [2.24, 2.45) is 11.7 Å². The summed E-state index contributed by atoms with van der Waals surface area (Å²) in [5.74, 6) is 0.448. The second-order valence-corrected chi connectivity index (χ2v) is 8.31. The maximum atomic E-state index is 13.0. The fourth-order valence-electron chi connectivity index (χ4n) is 4.14. The fraction of sp³-hybridized carbons (Fsp3) is 0.423. The highest BCUT2D eigenvalue weighted by atomic mass is 16.6. The Morgan fingerprint density at radius 1 is 1.16 bits per heavy atom. The van der Waals surface area contributed by atoms with E-state index in [0.717, 1.165) is 61.3 Å². The third-order valence-electron chi connectivity index (χ3n) is 5.89. The summed E-state index contributed by atoms with van der Waals surface area (Å²) in [5.41, 5.74) is 13.8. The second-order valence-electron chi connectivity index (χ2n) is 8.31. The van der Waals surface area contributed by atoms with E-state index in [1.165, 1.54) is 5.56 Å². The Bertz CT molecular complexity index is 871. The fourth-order valence-corrected chi connectivity index (χ4v) is 4.14. The Labute approximate surface area is 186 Å². The van der Waals surface area contributed by atoms with E-state index >= 15 is 0 Å². The van der Waals surface area contributed by atoms with E-state index in [4.69, 9.17) is 10.6 Å². The highest BCUT2D eigenvalue weighted by molar-refractivity contribution is 5.99. The molecule has 3 N–H and O–H groups in total. The minimum atomic E-state index is 0.138. The van der Waals surface area contributed by atoms with Gasteiger partial charge in [-0.25, -0.2) is 0 Å². The van der Waals surface area contributed by atoms with Crippen LogP contribution in [-0.2, 0) is 4.84 Å². The highest BCUT2D eigenvalue weighted by Crippen LogP contribution is 2.24. The Balaban J connectivity index is 1.51. The lowest BCUT2D eigenvalue weighted by Crippen LogP contribution is -2.37. The van der Waals surface area contributed by atoms with Crippen LogP contribution in [0, 0.1) is 19.8 Å². The van der Waals surface area contributed by atoms with Crippen LogP contribution in [0.4, 0.5) is 0 Å². The number of aryl methyl sites for hydroxylation is 2. The monoisotopic (exact) mass is 421 g/mol. The van der Waals surface area contributed by atoms with Gasteiger partial charge in [0.05, 0.1) is 12.3 Å². The van der Waals surface area contributed by atoms with Gasteiger partial charge in [0.2, 0.25) is 0 Å². The van der Waals surface area contributed by atoms with Crippen molar-refractivity contribution in [3.63, 3.8) is 0 Å². The molecule has 166 valence electrons. The molecule has 1 aliphatic rings. The van der Waals surface area contributed by atoms with E-state index in [9.17, 15) is 4.79 Å². The molecule has 1 fully saturated rings. The number of hydroxylamine groups is 1. The number of piperidine rings is 1. The van der Waals surface area contributed by atoms with E-state index in [1.54, 1.807) is 0 Å². The molecule has 0 radical (unpaired) electrons. The summed E-state index contributed by atoms with van der Waals surface area (Å²) in [7, 11) is 0. The van der Waals surface area contributed by atoms with Gasteiger partial charge < -0.3 is 10.6 Å². The summed E-state index contributed by atoms with van der Waals surface area (Å²) in [6.07, 6.45) is 4.95. The molecule has 0 aliphatic carbocycles. The standard InChI is InChI=1S/C26H35N3O2/c1-20-10-11-24(21(2)19-20)26(30)23-12-16-29(17-13-23)15-6-9-25(28-31-18-14-27)22-7-4-3-5-8-22/h3-5,7-11,19,23,28H,6,12-18,27H2,1-2H3. The van der Waals surface area contributed by atoms with Gasteiger partial charge in [0.15, 0.2) is 5.78 Å². The minimum Gasteiger partial charge on any atom is -0.328 e. The lowest BCUT2D eigenvalue weighted by molar-refractivity contribution is 0.0834. The lowest BCUT2D eigenvalue weighted by Gasteiger charge is -2.31. The molecule has 2 aromatic rings. The number of Topliss-reactive ketones (excluding diaryl/α,β-unsaturated/α-hetero) is 1. The summed E-state index contributed by atoms with van der Waals surface area (Å²) in [6.45, 7) is 7.95. The molecule has 5 nitrogen and oxygen atoms in total. The van der Waals surface area contributed by atoms with Crippen LogP contribution in [0.3, 0.4) is 0 Å². The van der Waals surface area contributed by atoms with E-state index in [0.29, 0.717) is 18.9 Å². The second kappa shape index (κ2) is 11.8. The first-order valence-electron chi connectivity index (χ1n) is 11.3. The Morgan fingerprint density at radius 3 is 2.58 bits per heavy atom. The number of benzene rings is 2. The van der Waals surface area contributed by atoms with Crippen LogP contribution in [-0.4, -0.2) is 43.5 Å². The third kappa shape index (κ3) is 6.76. The molecule has 0 saturated carbocycles. The van der Waals surface area contributed by atoms with Crippen LogP contribution in [0.1, 0.15) is 46.3 Å². The first-order valence-corrected chi connectivity index (χ1v) is 11.3. The molecular weight excluding hydrogens is 386 g/mol. The van der Waals surface area contributed by atoms with Crippen molar-refractivity contribution in [1.82, 2.24) is 10.4 Å². The SMILES string of the molecule is Cc1ccc(C(=O)C2CCN(CCC=C(NOCCN)c3ccccc3)CC2)c(C)c1. The summed E-state index contributed by atoms with van der Waals surface area (Å²) in [6, 6.07) is 16.3. The lowest BCUT2D eigenvalue weighted by atomic mass is 9.87. The van der Waals surface area contributed by atoms with E-state index in [2.05, 4.69) is 41.6 Å². The van der Waals surface area contributed by atoms with Crippen molar-refractivity contribution in [3.05, 3.63) is 76.9 Å². The molecule has 31 heavy (non-hydrogen) atoms. The molecule has 5 heteroatoms. The minimum absolute atomic E-state index is 0.138. The van der Waals surface area contributed by atoms with Gasteiger partial charge in [-0.2, -0.15) is 0 Å². The first kappa shape index (κ1) is 23.2. The summed E-state index contributed by atoms with van der Waals surface area (Å²) < 4.78 is 0. The third-order valence-corrected chi connectivity index (χ3v) is 5.89. The first-order chi connectivity index (χ1) is 15.1. The molecular formula is C26H35N3O2. The molecule has 1 aliphatic heterocycles. The van der Waals surface area contributed by atoms with E-state index in [1.807, 2.05) is 37.3 Å². The van der Waals surface area contributed by atoms with Crippen LogP contribution in [0.15, 0.2) is 54.6 Å². The number of nitrogens with zero attached hydrogens (tertiary/aromatic N) is 1. The average Bonchev–Trinajstić information content (AvgIpc) is 2.79. The average molecular weight is 422 g/mol. The predicted molar refractivity (Wildman–Crippen MR) is 127 cm³/mol. The summed E-state index contributed by atoms with van der Waals surface area (Å²) in [4.78, 5) is 20.9. The quantitative estimate of drug-likeness (QED) is 0.343. The molecule has 0 amide bonds. The van der Waals surface area contributed by atoms with Crippen LogP contribution in [0.5, 0.6) is 0 Å². The number of carbonyl (C=O) groups excluding carboxylic acids is 1. The zero-order valence-corrected chi connectivity index (χ0v) is 18.8. The maximum Gasteiger partial charge on any atom is 0.166 e. The zero-order valence-electron chi connectivity index (χ0n) is 18.8. The molecule has 0 atom stereocenters. The number of carbonyl (C=O) groups is 1. The van der Waals surface area contributed by atoms with Crippen LogP contribution in [0.2, 0.25) is 0 Å². The van der Waals surface area contributed by atoms with Crippen LogP contribution >= 0.6 is 0 Å². The topological polar surface area (TPSA) is 67.6 Å². The number of likely N-dealkylation sites (tertiary alicyclic amines) is 1. The number of hydrogen-bond acceptors (Lipinski definition) is 5. The van der Waals surface area contributed by atoms with Crippen molar-refractivity contribution >= 4 is 11.5 Å². The molecule has 1 heterocycles. The maximum absolute atomic E-state index is 13.0. The molecule has 0 spiro atoms. The summed E-state index contributed by atoms with van der Waals surface area (Å²) in [5, 5.41) is 0. The Hall–Kier alpha value is -2.47.